The fraction of sp³-hybridized carbons (Fsp3) is 0.100. The van der Waals surface area contributed by atoms with E-state index in [1.54, 1.807) is 24.4 Å². The first kappa shape index (κ1) is 20.6. The van der Waals surface area contributed by atoms with Crippen LogP contribution in [-0.2, 0) is 6.54 Å². The van der Waals surface area contributed by atoms with Crippen molar-refractivity contribution in [2.24, 2.45) is 10.7 Å². The molecule has 2 aromatic carbocycles. The highest BCUT2D eigenvalue weighted by Gasteiger charge is 2.02. The molecule has 0 fully saturated rings. The third kappa shape index (κ3) is 6.52. The summed E-state index contributed by atoms with van der Waals surface area (Å²) in [5.74, 6) is 0.938. The van der Waals surface area contributed by atoms with Crippen LogP contribution in [0.2, 0.25) is 0 Å². The Kier molecular flexibility index (Phi) is 7.54. The average Bonchev–Trinajstić information content (AvgIpc) is 2.62. The minimum absolute atomic E-state index is 0. The first-order valence-corrected chi connectivity index (χ1v) is 8.10. The number of rotatable bonds is 5. The maximum Gasteiger partial charge on any atom is 0.219 e. The van der Waals surface area contributed by atoms with E-state index < -0.39 is 0 Å². The summed E-state index contributed by atoms with van der Waals surface area (Å²) in [6.07, 6.45) is 1.63. The number of nitrogens with one attached hydrogen (secondary N) is 1. The van der Waals surface area contributed by atoms with Gasteiger partial charge in [0.25, 0.3) is 0 Å². The van der Waals surface area contributed by atoms with Gasteiger partial charge in [-0.15, -0.1) is 24.0 Å². The van der Waals surface area contributed by atoms with Crippen molar-refractivity contribution >= 4 is 35.6 Å². The van der Waals surface area contributed by atoms with E-state index in [2.05, 4.69) is 15.3 Å². The number of hydrogen-bond acceptors (Lipinski definition) is 3. The highest BCUT2D eigenvalue weighted by atomic mass is 127. The fourth-order valence-electron chi connectivity index (χ4n) is 2.31. The van der Waals surface area contributed by atoms with Gasteiger partial charge in [0.15, 0.2) is 5.96 Å². The van der Waals surface area contributed by atoms with Gasteiger partial charge < -0.3 is 15.8 Å². The lowest BCUT2D eigenvalue weighted by molar-refractivity contribution is 0.460. The van der Waals surface area contributed by atoms with Crippen LogP contribution in [0.1, 0.15) is 11.1 Å². The summed E-state index contributed by atoms with van der Waals surface area (Å²) < 4.78 is 18.6. The normalized spacial score (nSPS) is 10.8. The third-order valence-corrected chi connectivity index (χ3v) is 3.56. The summed E-state index contributed by atoms with van der Waals surface area (Å²) in [6, 6.07) is 17.2. The van der Waals surface area contributed by atoms with Crippen molar-refractivity contribution < 1.29 is 9.13 Å². The summed E-state index contributed by atoms with van der Waals surface area (Å²) in [6.45, 7) is 2.39. The molecule has 1 aromatic heterocycles. The van der Waals surface area contributed by atoms with E-state index in [1.807, 2.05) is 37.3 Å². The number of ether oxygens (including phenoxy) is 1. The summed E-state index contributed by atoms with van der Waals surface area (Å²) in [7, 11) is 0. The second-order valence-electron chi connectivity index (χ2n) is 5.75. The quantitative estimate of drug-likeness (QED) is 0.312. The predicted molar refractivity (Wildman–Crippen MR) is 116 cm³/mol. The minimum atomic E-state index is -0.315. The van der Waals surface area contributed by atoms with Crippen LogP contribution in [0.4, 0.5) is 10.1 Å². The second kappa shape index (κ2) is 9.86. The van der Waals surface area contributed by atoms with Crippen molar-refractivity contribution in [3.63, 3.8) is 0 Å². The number of pyridine rings is 1. The Bertz CT molecular complexity index is 916. The molecule has 5 nitrogen and oxygen atoms in total. The van der Waals surface area contributed by atoms with E-state index in [9.17, 15) is 4.39 Å². The van der Waals surface area contributed by atoms with Gasteiger partial charge in [0.05, 0.1) is 6.54 Å². The monoisotopic (exact) mass is 478 g/mol. The Labute approximate surface area is 174 Å². The molecule has 0 saturated heterocycles. The average molecular weight is 478 g/mol. The van der Waals surface area contributed by atoms with Gasteiger partial charge >= 0.3 is 0 Å². The number of nitrogens with two attached hydrogens (primary N) is 1. The first-order chi connectivity index (χ1) is 12.6. The summed E-state index contributed by atoms with van der Waals surface area (Å²) >= 11 is 0. The molecule has 7 heteroatoms. The molecule has 0 amide bonds. The van der Waals surface area contributed by atoms with Gasteiger partial charge in [-0.25, -0.2) is 14.4 Å². The maximum absolute atomic E-state index is 12.9. The van der Waals surface area contributed by atoms with E-state index in [0.717, 1.165) is 16.8 Å². The molecule has 1 heterocycles. The number of aliphatic imine (C=N–C) groups is 1. The molecule has 0 unspecified atom stereocenters. The van der Waals surface area contributed by atoms with Crippen molar-refractivity contribution in [1.82, 2.24) is 4.98 Å². The van der Waals surface area contributed by atoms with Gasteiger partial charge in [-0.1, -0.05) is 12.1 Å². The molecule has 0 aliphatic rings. The van der Waals surface area contributed by atoms with Crippen LogP contribution < -0.4 is 15.8 Å². The highest BCUT2D eigenvalue weighted by Crippen LogP contribution is 2.20. The minimum Gasteiger partial charge on any atom is -0.439 e. The maximum atomic E-state index is 12.9. The highest BCUT2D eigenvalue weighted by molar-refractivity contribution is 14.0. The summed E-state index contributed by atoms with van der Waals surface area (Å²) in [5.41, 5.74) is 8.86. The molecular formula is C20H20FIN4O. The molecular weight excluding hydrogens is 458 g/mol. The van der Waals surface area contributed by atoms with Crippen molar-refractivity contribution in [2.75, 3.05) is 5.32 Å². The molecule has 0 aliphatic carbocycles. The zero-order chi connectivity index (χ0) is 18.4. The molecule has 3 N–H and O–H groups in total. The summed E-state index contributed by atoms with van der Waals surface area (Å²) in [5, 5.41) is 3.06. The number of benzene rings is 2. The van der Waals surface area contributed by atoms with Crippen LogP contribution in [0.15, 0.2) is 71.9 Å². The van der Waals surface area contributed by atoms with Crippen LogP contribution in [0, 0.1) is 12.7 Å². The lowest BCUT2D eigenvalue weighted by atomic mass is 10.2. The lowest BCUT2D eigenvalue weighted by Gasteiger charge is -2.07. The van der Waals surface area contributed by atoms with Crippen LogP contribution >= 0.6 is 24.0 Å². The van der Waals surface area contributed by atoms with Gasteiger partial charge in [0.2, 0.25) is 5.88 Å². The fourth-order valence-corrected chi connectivity index (χ4v) is 2.31. The van der Waals surface area contributed by atoms with Crippen LogP contribution in [0.25, 0.3) is 0 Å². The molecule has 0 spiro atoms. The standard InChI is InChI=1S/C20H19FN4O.HI/c1-14-3-2-4-17(11-14)25-20(22)24-13-15-9-10-23-19(12-15)26-18-7-5-16(21)6-8-18;/h2-12H,13H2,1H3,(H3,22,24,25);1H. The number of aromatic nitrogens is 1. The third-order valence-electron chi connectivity index (χ3n) is 3.56. The topological polar surface area (TPSA) is 72.5 Å². The van der Waals surface area contributed by atoms with Crippen LogP contribution in [-0.4, -0.2) is 10.9 Å². The van der Waals surface area contributed by atoms with Gasteiger partial charge in [0, 0.05) is 18.0 Å². The smallest absolute Gasteiger partial charge is 0.219 e. The number of halogens is 2. The van der Waals surface area contributed by atoms with Crippen LogP contribution in [0.3, 0.4) is 0 Å². The second-order valence-corrected chi connectivity index (χ2v) is 5.75. The molecule has 0 aliphatic heterocycles. The molecule has 3 aromatic rings. The first-order valence-electron chi connectivity index (χ1n) is 8.10. The van der Waals surface area contributed by atoms with E-state index in [0.29, 0.717) is 24.1 Å². The largest absolute Gasteiger partial charge is 0.439 e. The Morgan fingerprint density at radius 3 is 2.67 bits per heavy atom. The Balaban J connectivity index is 0.00000261. The Morgan fingerprint density at radius 2 is 1.93 bits per heavy atom. The van der Waals surface area contributed by atoms with Crippen molar-refractivity contribution in [2.45, 2.75) is 13.5 Å². The molecule has 3 rings (SSSR count). The Hall–Kier alpha value is -2.68. The van der Waals surface area contributed by atoms with E-state index in [4.69, 9.17) is 10.5 Å². The van der Waals surface area contributed by atoms with Gasteiger partial charge in [-0.3, -0.25) is 0 Å². The lowest BCUT2D eigenvalue weighted by Crippen LogP contribution is -2.22. The zero-order valence-corrected chi connectivity index (χ0v) is 17.1. The van der Waals surface area contributed by atoms with Gasteiger partial charge in [-0.05, 0) is 60.5 Å². The SMILES string of the molecule is Cc1cccc(NC(N)=NCc2ccnc(Oc3ccc(F)cc3)c2)c1.I. The molecule has 0 saturated carbocycles. The zero-order valence-electron chi connectivity index (χ0n) is 14.7. The molecule has 27 heavy (non-hydrogen) atoms. The van der Waals surface area contributed by atoms with Crippen molar-refractivity contribution in [3.8, 4) is 11.6 Å². The van der Waals surface area contributed by atoms with E-state index in [1.165, 1.54) is 12.1 Å². The van der Waals surface area contributed by atoms with E-state index >= 15 is 0 Å². The predicted octanol–water partition coefficient (Wildman–Crippen LogP) is 4.87. The molecule has 0 radical (unpaired) electrons. The summed E-state index contributed by atoms with van der Waals surface area (Å²) in [4.78, 5) is 8.48. The molecule has 0 bridgehead atoms. The number of guanidine groups is 1. The van der Waals surface area contributed by atoms with Gasteiger partial charge in [-0.2, -0.15) is 0 Å². The number of aryl methyl sites for hydroxylation is 1. The van der Waals surface area contributed by atoms with E-state index in [-0.39, 0.29) is 29.8 Å². The van der Waals surface area contributed by atoms with Crippen LogP contribution in [0.5, 0.6) is 11.6 Å². The Morgan fingerprint density at radius 1 is 1.15 bits per heavy atom. The van der Waals surface area contributed by atoms with Crippen molar-refractivity contribution in [3.05, 3.63) is 83.8 Å². The molecule has 0 atom stereocenters. The number of nitrogens with zero attached hydrogens (tertiary/aromatic N) is 2. The number of anilines is 1. The van der Waals surface area contributed by atoms with Crippen molar-refractivity contribution in [1.29, 1.82) is 0 Å². The number of hydrogen-bond donors (Lipinski definition) is 2. The van der Waals surface area contributed by atoms with Gasteiger partial charge in [0.1, 0.15) is 11.6 Å². The molecule has 140 valence electrons.